The van der Waals surface area contributed by atoms with Crippen LogP contribution in [0.15, 0.2) is 59.6 Å². The Balaban J connectivity index is 1.53. The third-order valence-corrected chi connectivity index (χ3v) is 7.15. The summed E-state index contributed by atoms with van der Waals surface area (Å²) in [5, 5.41) is 19.8. The van der Waals surface area contributed by atoms with Gasteiger partial charge in [0.1, 0.15) is 5.82 Å². The summed E-state index contributed by atoms with van der Waals surface area (Å²) in [6.45, 7) is 0.183. The molecule has 0 saturated heterocycles. The van der Waals surface area contributed by atoms with E-state index in [2.05, 4.69) is 25.5 Å². The van der Waals surface area contributed by atoms with Gasteiger partial charge in [0.2, 0.25) is 5.95 Å². The van der Waals surface area contributed by atoms with Crippen LogP contribution in [-0.4, -0.2) is 41.2 Å². The van der Waals surface area contributed by atoms with Crippen molar-refractivity contribution in [1.29, 1.82) is 5.26 Å². The summed E-state index contributed by atoms with van der Waals surface area (Å²) < 4.78 is 28.4. The number of nitrogen functional groups attached to an aromatic ring is 1. The Hall–Kier alpha value is -4.17. The number of aromatic amines is 1. The van der Waals surface area contributed by atoms with Gasteiger partial charge in [0.15, 0.2) is 5.65 Å². The maximum absolute atomic E-state index is 13.5. The van der Waals surface area contributed by atoms with Crippen LogP contribution < -0.4 is 15.4 Å². The van der Waals surface area contributed by atoms with Crippen molar-refractivity contribution in [2.24, 2.45) is 0 Å². The van der Waals surface area contributed by atoms with Crippen molar-refractivity contribution in [1.82, 2.24) is 20.2 Å². The van der Waals surface area contributed by atoms with Gasteiger partial charge in [-0.2, -0.15) is 20.3 Å². The van der Waals surface area contributed by atoms with E-state index in [4.69, 9.17) is 11.0 Å². The number of H-pyrrole nitrogens is 1. The van der Waals surface area contributed by atoms with Crippen molar-refractivity contribution in [2.75, 3.05) is 21.9 Å². The molecule has 10 nitrogen and oxygen atoms in total. The summed E-state index contributed by atoms with van der Waals surface area (Å²) in [6, 6.07) is 15.0. The minimum Gasteiger partial charge on any atom is -0.368 e. The van der Waals surface area contributed by atoms with Crippen LogP contribution in [-0.2, 0) is 16.4 Å². The first-order valence-electron chi connectivity index (χ1n) is 9.79. The topological polar surface area (TPSA) is 154 Å². The van der Waals surface area contributed by atoms with E-state index in [0.717, 1.165) is 5.56 Å². The second-order valence-electron chi connectivity index (χ2n) is 7.41. The molecule has 4 aromatic rings. The van der Waals surface area contributed by atoms with Gasteiger partial charge >= 0.3 is 0 Å². The number of hydrogen-bond acceptors (Lipinski definition) is 8. The molecule has 1 aliphatic heterocycles. The van der Waals surface area contributed by atoms with Gasteiger partial charge in [0.25, 0.3) is 10.0 Å². The minimum absolute atomic E-state index is 0.0857. The smallest absolute Gasteiger partial charge is 0.264 e. The first-order chi connectivity index (χ1) is 15.5. The van der Waals surface area contributed by atoms with Crippen molar-refractivity contribution in [3.05, 3.63) is 65.9 Å². The lowest BCUT2D eigenvalue weighted by atomic mass is 9.99. The van der Waals surface area contributed by atoms with E-state index in [1.807, 2.05) is 24.3 Å². The molecular weight excluding hydrogens is 428 g/mol. The molecule has 1 aliphatic rings. The Labute approximate surface area is 183 Å². The van der Waals surface area contributed by atoms with Crippen LogP contribution in [0.3, 0.4) is 0 Å². The van der Waals surface area contributed by atoms with Crippen LogP contribution in [0.5, 0.6) is 0 Å². The average molecular weight is 446 g/mol. The fourth-order valence-electron chi connectivity index (χ4n) is 3.86. The Morgan fingerprint density at radius 1 is 1.16 bits per heavy atom. The second kappa shape index (κ2) is 7.51. The quantitative estimate of drug-likeness (QED) is 0.430. The minimum atomic E-state index is -3.86. The summed E-state index contributed by atoms with van der Waals surface area (Å²) in [6.07, 6.45) is 2.19. The van der Waals surface area contributed by atoms with Gasteiger partial charge in [-0.1, -0.05) is 18.2 Å². The van der Waals surface area contributed by atoms with Gasteiger partial charge in [-0.15, -0.1) is 0 Å². The number of sulfonamides is 1. The first-order valence-corrected chi connectivity index (χ1v) is 11.2. The fourth-order valence-corrected chi connectivity index (χ4v) is 5.41. The van der Waals surface area contributed by atoms with E-state index in [-0.39, 0.29) is 23.4 Å². The number of nitrogens with zero attached hydrogens (tertiary/aromatic N) is 5. The Bertz CT molecular complexity index is 1460. The van der Waals surface area contributed by atoms with Crippen molar-refractivity contribution in [2.45, 2.75) is 17.4 Å². The highest BCUT2D eigenvalue weighted by Gasteiger charge is 2.33. The number of rotatable bonds is 4. The van der Waals surface area contributed by atoms with E-state index >= 15 is 0 Å². The van der Waals surface area contributed by atoms with E-state index in [1.54, 1.807) is 12.3 Å². The molecule has 4 N–H and O–H groups in total. The molecule has 0 bridgehead atoms. The molecule has 0 amide bonds. The van der Waals surface area contributed by atoms with E-state index in [9.17, 15) is 8.42 Å². The van der Waals surface area contributed by atoms with Gasteiger partial charge in [0, 0.05) is 0 Å². The molecule has 32 heavy (non-hydrogen) atoms. The molecule has 1 atom stereocenters. The molecule has 2 aromatic carbocycles. The van der Waals surface area contributed by atoms with Crippen LogP contribution in [0.4, 0.5) is 17.5 Å². The highest BCUT2D eigenvalue weighted by atomic mass is 32.2. The lowest BCUT2D eigenvalue weighted by molar-refractivity contribution is 0.581. The predicted molar refractivity (Wildman–Crippen MR) is 119 cm³/mol. The predicted octanol–water partition coefficient (Wildman–Crippen LogP) is 2.04. The second-order valence-corrected chi connectivity index (χ2v) is 9.27. The van der Waals surface area contributed by atoms with E-state index in [0.29, 0.717) is 34.5 Å². The monoisotopic (exact) mass is 446 g/mol. The molecule has 0 aliphatic carbocycles. The molecule has 11 heteroatoms. The number of benzene rings is 2. The van der Waals surface area contributed by atoms with Crippen LogP contribution >= 0.6 is 0 Å². The summed E-state index contributed by atoms with van der Waals surface area (Å²) in [5.41, 5.74) is 8.24. The zero-order chi connectivity index (χ0) is 22.3. The molecule has 0 fully saturated rings. The molecule has 0 saturated carbocycles. The SMILES string of the molecule is N#Cc1ccc(S(=O)(=O)N2CC(Nc3nc(N)nc4[nH]ncc34)Cc3ccccc32)cc1. The number of nitrogens with one attached hydrogen (secondary N) is 2. The summed E-state index contributed by atoms with van der Waals surface area (Å²) in [5.74, 6) is 0.573. The number of aromatic nitrogens is 4. The van der Waals surface area contributed by atoms with Gasteiger partial charge in [-0.3, -0.25) is 9.40 Å². The van der Waals surface area contributed by atoms with Crippen LogP contribution in [0.2, 0.25) is 0 Å². The third kappa shape index (κ3) is 3.36. The van der Waals surface area contributed by atoms with E-state index < -0.39 is 10.0 Å². The Kier molecular flexibility index (Phi) is 4.64. The Morgan fingerprint density at radius 3 is 2.72 bits per heavy atom. The maximum atomic E-state index is 13.5. The van der Waals surface area contributed by atoms with Gasteiger partial charge < -0.3 is 11.1 Å². The molecule has 0 spiro atoms. The van der Waals surface area contributed by atoms with Crippen LogP contribution in [0.1, 0.15) is 11.1 Å². The molecule has 1 unspecified atom stereocenters. The van der Waals surface area contributed by atoms with Crippen molar-refractivity contribution >= 4 is 38.5 Å². The average Bonchev–Trinajstić information content (AvgIpc) is 3.27. The fraction of sp³-hybridized carbons (Fsp3) is 0.143. The zero-order valence-corrected chi connectivity index (χ0v) is 17.5. The number of nitriles is 1. The van der Waals surface area contributed by atoms with Gasteiger partial charge in [0.05, 0.1) is 46.4 Å². The number of para-hydroxylation sites is 1. The molecular formula is C21H18N8O2S. The van der Waals surface area contributed by atoms with Crippen LogP contribution in [0, 0.1) is 11.3 Å². The normalized spacial score (nSPS) is 15.8. The molecule has 2 aromatic heterocycles. The lowest BCUT2D eigenvalue weighted by Gasteiger charge is -2.35. The maximum Gasteiger partial charge on any atom is 0.264 e. The number of nitrogens with two attached hydrogens (primary N) is 1. The Morgan fingerprint density at radius 2 is 1.94 bits per heavy atom. The van der Waals surface area contributed by atoms with Crippen molar-refractivity contribution in [3.63, 3.8) is 0 Å². The highest BCUT2D eigenvalue weighted by Crippen LogP contribution is 2.33. The van der Waals surface area contributed by atoms with Crippen LogP contribution in [0.25, 0.3) is 11.0 Å². The number of fused-ring (bicyclic) bond motifs is 2. The number of anilines is 3. The first kappa shape index (κ1) is 19.8. The molecule has 0 radical (unpaired) electrons. The van der Waals surface area contributed by atoms with Crippen molar-refractivity contribution in [3.8, 4) is 6.07 Å². The number of hydrogen-bond donors (Lipinski definition) is 3. The summed E-state index contributed by atoms with van der Waals surface area (Å²) in [4.78, 5) is 8.52. The van der Waals surface area contributed by atoms with Gasteiger partial charge in [-0.05, 0) is 42.3 Å². The van der Waals surface area contributed by atoms with Crippen molar-refractivity contribution < 1.29 is 8.42 Å². The summed E-state index contributed by atoms with van der Waals surface area (Å²) in [7, 11) is -3.86. The third-order valence-electron chi connectivity index (χ3n) is 5.35. The zero-order valence-electron chi connectivity index (χ0n) is 16.7. The molecule has 3 heterocycles. The summed E-state index contributed by atoms with van der Waals surface area (Å²) >= 11 is 0. The lowest BCUT2D eigenvalue weighted by Crippen LogP contribution is -2.45. The molecule has 5 rings (SSSR count). The standard InChI is InChI=1S/C21H18N8O2S/c22-10-13-5-7-16(8-6-13)32(30,31)29-12-15(9-14-3-1-2-4-18(14)29)25-19-17-11-24-28-20(17)27-21(23)26-19/h1-8,11,15H,9,12H2,(H4,23,24,25,26,27,28). The highest BCUT2D eigenvalue weighted by molar-refractivity contribution is 7.92. The molecule has 160 valence electrons. The largest absolute Gasteiger partial charge is 0.368 e. The van der Waals surface area contributed by atoms with E-state index in [1.165, 1.54) is 28.6 Å². The van der Waals surface area contributed by atoms with Gasteiger partial charge in [-0.25, -0.2) is 8.42 Å².